The molecule has 9 unspecified atom stereocenters. The molecule has 0 aliphatic rings. The van der Waals surface area contributed by atoms with Gasteiger partial charge in [-0.15, -0.1) is 0 Å². The van der Waals surface area contributed by atoms with Crippen LogP contribution in [0.1, 0.15) is 113 Å². The van der Waals surface area contributed by atoms with Gasteiger partial charge >= 0.3 is 17.9 Å². The van der Waals surface area contributed by atoms with Crippen LogP contribution in [0.5, 0.6) is 0 Å². The molecule has 27 heteroatoms. The van der Waals surface area contributed by atoms with Crippen LogP contribution in [0.3, 0.4) is 0 Å². The topological polar surface area (TPSA) is 460 Å². The maximum absolute atomic E-state index is 13.8. The van der Waals surface area contributed by atoms with E-state index in [2.05, 4.69) is 42.5 Å². The largest absolute Gasteiger partial charge is 0.481 e. The first-order valence-electron chi connectivity index (χ1n) is 23.0. The van der Waals surface area contributed by atoms with Crippen molar-refractivity contribution in [2.45, 2.75) is 167 Å². The molecule has 0 aromatic carbocycles. The summed E-state index contributed by atoms with van der Waals surface area (Å²) in [4.78, 5) is 153. The van der Waals surface area contributed by atoms with Crippen molar-refractivity contribution in [3.05, 3.63) is 0 Å². The van der Waals surface area contributed by atoms with E-state index in [1.165, 1.54) is 6.92 Å². The molecule has 18 N–H and O–H groups in total. The van der Waals surface area contributed by atoms with Crippen LogP contribution in [-0.4, -0.2) is 159 Å². The normalized spacial score (nSPS) is 15.0. The Morgan fingerprint density at radius 2 is 0.886 bits per heavy atom. The van der Waals surface area contributed by atoms with Gasteiger partial charge in [-0.3, -0.25) is 52.7 Å². The monoisotopic (exact) mass is 1000 g/mol. The number of aliphatic hydroxyl groups excluding tert-OH is 1. The van der Waals surface area contributed by atoms with Crippen molar-refractivity contribution in [1.82, 2.24) is 42.5 Å². The molecule has 0 rings (SSSR count). The summed E-state index contributed by atoms with van der Waals surface area (Å²) in [7, 11) is 0. The highest BCUT2D eigenvalue weighted by Crippen LogP contribution is 2.12. The lowest BCUT2D eigenvalue weighted by Crippen LogP contribution is -2.61. The average Bonchev–Trinajstić information content (AvgIpc) is 3.25. The van der Waals surface area contributed by atoms with Crippen LogP contribution >= 0.6 is 0 Å². The number of unbranched alkanes of at least 4 members (excludes halogenated alkanes) is 1. The Labute approximate surface area is 406 Å². The van der Waals surface area contributed by atoms with E-state index < -0.39 is 164 Å². The fraction of sp³-hybridized carbons (Fsp3) is 0.721. The van der Waals surface area contributed by atoms with Crippen LogP contribution in [0.4, 0.5) is 0 Å². The number of carbonyl (C=O) groups excluding carboxylic acids is 9. The predicted octanol–water partition coefficient (Wildman–Crippen LogP) is -4.23. The molecule has 0 aromatic rings. The average molecular weight is 1000 g/mol. The lowest BCUT2D eigenvalue weighted by molar-refractivity contribution is -0.143. The minimum atomic E-state index is -1.79. The van der Waals surface area contributed by atoms with Gasteiger partial charge < -0.3 is 80.2 Å². The molecule has 27 nitrogen and oxygen atoms in total. The summed E-state index contributed by atoms with van der Waals surface area (Å²) in [6.45, 7) is 10.4. The SMILES string of the molecule is CC(C)CC(NC(=O)C(N)CCC(=O)O)C(=O)NC(CCCCN)C(=O)NC(CO)C(=O)NC(CCC(=O)O)C(=O)NC(CC(C)C)C(=O)NC(C(=O)NC(C)C(=O)NC(CC(N)=O)C(=O)O)C(C)C. The van der Waals surface area contributed by atoms with Crippen LogP contribution in [0.2, 0.25) is 0 Å². The maximum atomic E-state index is 13.8. The highest BCUT2D eigenvalue weighted by molar-refractivity contribution is 5.98. The minimum absolute atomic E-state index is 0.0305. The summed E-state index contributed by atoms with van der Waals surface area (Å²) in [5, 5.41) is 57.1. The zero-order valence-corrected chi connectivity index (χ0v) is 40.8. The number of carboxylic acids is 3. The molecule has 0 saturated heterocycles. The zero-order valence-electron chi connectivity index (χ0n) is 40.8. The molecule has 0 radical (unpaired) electrons. The van der Waals surface area contributed by atoms with Gasteiger partial charge in [-0.2, -0.15) is 0 Å². The van der Waals surface area contributed by atoms with Crippen molar-refractivity contribution in [2.24, 2.45) is 35.0 Å². The second-order valence-electron chi connectivity index (χ2n) is 18.0. The lowest BCUT2D eigenvalue weighted by atomic mass is 9.99. The third-order valence-electron chi connectivity index (χ3n) is 10.4. The first kappa shape index (κ1) is 63.5. The van der Waals surface area contributed by atoms with Crippen molar-refractivity contribution in [3.8, 4) is 0 Å². The molecule has 0 fully saturated rings. The van der Waals surface area contributed by atoms with Gasteiger partial charge in [-0.05, 0) is 76.2 Å². The Bertz CT molecular complexity index is 1830. The highest BCUT2D eigenvalue weighted by atomic mass is 16.4. The van der Waals surface area contributed by atoms with E-state index in [-0.39, 0.29) is 44.1 Å². The van der Waals surface area contributed by atoms with E-state index in [1.807, 2.05) is 0 Å². The summed E-state index contributed by atoms with van der Waals surface area (Å²) in [6.07, 6.45) is -1.88. The van der Waals surface area contributed by atoms with Gasteiger partial charge in [0.05, 0.1) is 19.1 Å². The Hall–Kier alpha value is -6.48. The van der Waals surface area contributed by atoms with Crippen LogP contribution in [0.25, 0.3) is 0 Å². The number of aliphatic carboxylic acids is 3. The van der Waals surface area contributed by atoms with Gasteiger partial charge in [0.1, 0.15) is 48.3 Å². The Balaban J connectivity index is 6.39. The molecule has 0 aliphatic carbocycles. The molecular formula is C43H75N11O16. The molecule has 0 saturated carbocycles. The van der Waals surface area contributed by atoms with Crippen molar-refractivity contribution >= 4 is 71.1 Å². The third kappa shape index (κ3) is 25.2. The van der Waals surface area contributed by atoms with E-state index in [0.717, 1.165) is 0 Å². The Morgan fingerprint density at radius 3 is 1.33 bits per heavy atom. The van der Waals surface area contributed by atoms with Crippen molar-refractivity contribution < 1.29 is 78.0 Å². The Morgan fingerprint density at radius 1 is 0.471 bits per heavy atom. The van der Waals surface area contributed by atoms with Gasteiger partial charge in [0.25, 0.3) is 0 Å². The number of nitrogens with one attached hydrogen (secondary N) is 8. The smallest absolute Gasteiger partial charge is 0.326 e. The molecule has 0 aromatic heterocycles. The van der Waals surface area contributed by atoms with Crippen LogP contribution < -0.4 is 59.7 Å². The molecule has 0 bridgehead atoms. The quantitative estimate of drug-likeness (QED) is 0.0268. The second kappa shape index (κ2) is 32.4. The molecule has 9 atom stereocenters. The molecule has 0 aliphatic heterocycles. The number of primary amides is 1. The summed E-state index contributed by atoms with van der Waals surface area (Å²) in [5.74, 6) is -13.8. The number of nitrogens with two attached hydrogens (primary N) is 3. The fourth-order valence-corrected chi connectivity index (χ4v) is 6.53. The van der Waals surface area contributed by atoms with E-state index in [4.69, 9.17) is 22.3 Å². The van der Waals surface area contributed by atoms with E-state index in [0.29, 0.717) is 12.8 Å². The number of rotatable bonds is 35. The van der Waals surface area contributed by atoms with Gasteiger partial charge in [-0.1, -0.05) is 41.5 Å². The number of aliphatic hydroxyl groups is 1. The molecule has 0 heterocycles. The summed E-state index contributed by atoms with van der Waals surface area (Å²) in [5.41, 5.74) is 16.5. The van der Waals surface area contributed by atoms with Crippen LogP contribution in [0, 0.1) is 17.8 Å². The lowest BCUT2D eigenvalue weighted by Gasteiger charge is -2.29. The maximum Gasteiger partial charge on any atom is 0.326 e. The minimum Gasteiger partial charge on any atom is -0.481 e. The highest BCUT2D eigenvalue weighted by Gasteiger charge is 2.35. The predicted molar refractivity (Wildman–Crippen MR) is 248 cm³/mol. The van der Waals surface area contributed by atoms with Gasteiger partial charge in [0, 0.05) is 12.8 Å². The first-order valence-corrected chi connectivity index (χ1v) is 23.0. The summed E-state index contributed by atoms with van der Waals surface area (Å²) < 4.78 is 0. The number of amides is 9. The molecule has 0 spiro atoms. The van der Waals surface area contributed by atoms with Crippen LogP contribution in [-0.2, 0) is 57.5 Å². The zero-order chi connectivity index (χ0) is 54.0. The number of carboxylic acid groups (broad SMARTS) is 3. The molecular weight excluding hydrogens is 927 g/mol. The molecule has 70 heavy (non-hydrogen) atoms. The van der Waals surface area contributed by atoms with E-state index in [1.54, 1.807) is 41.5 Å². The van der Waals surface area contributed by atoms with E-state index >= 15 is 0 Å². The van der Waals surface area contributed by atoms with Gasteiger partial charge in [0.2, 0.25) is 53.2 Å². The summed E-state index contributed by atoms with van der Waals surface area (Å²) >= 11 is 0. The standard InChI is InChI=1S/C43H75N11O16/c1-20(2)16-27(50-36(62)24(45)11-13-32(57)58)39(65)48-25(10-8-9-15-44)37(63)53-30(19-55)41(67)49-26(12-14-33(59)60)38(64)51-28(17-21(3)4)40(66)54-34(22(5)6)42(68)47-23(7)35(61)52-29(43(69)70)18-31(46)56/h20-30,34,55H,8-19,44-45H2,1-7H3,(H2,46,56)(H,47,68)(H,48,65)(H,49,67)(H,50,62)(H,51,64)(H,52,61)(H,53,63)(H,54,66)(H,57,58)(H,59,60)(H,69,70). The van der Waals surface area contributed by atoms with Crippen molar-refractivity contribution in [1.29, 1.82) is 0 Å². The van der Waals surface area contributed by atoms with Crippen molar-refractivity contribution in [3.63, 3.8) is 0 Å². The molecule has 9 amide bonds. The molecule has 398 valence electrons. The third-order valence-corrected chi connectivity index (χ3v) is 10.4. The van der Waals surface area contributed by atoms with Crippen LogP contribution in [0.15, 0.2) is 0 Å². The fourth-order valence-electron chi connectivity index (χ4n) is 6.53. The second-order valence-corrected chi connectivity index (χ2v) is 18.0. The summed E-state index contributed by atoms with van der Waals surface area (Å²) in [6, 6.07) is -13.2. The van der Waals surface area contributed by atoms with Gasteiger partial charge in [0.15, 0.2) is 0 Å². The first-order chi connectivity index (χ1) is 32.5. The number of carbonyl (C=O) groups is 12. The van der Waals surface area contributed by atoms with E-state index in [9.17, 15) is 72.9 Å². The Kier molecular flexibility index (Phi) is 29.4. The number of hydrogen-bond donors (Lipinski definition) is 15. The van der Waals surface area contributed by atoms with Crippen molar-refractivity contribution in [2.75, 3.05) is 13.2 Å². The number of hydrogen-bond acceptors (Lipinski definition) is 15. The van der Waals surface area contributed by atoms with Gasteiger partial charge in [-0.25, -0.2) is 4.79 Å².